The molecule has 0 fully saturated rings. The van der Waals surface area contributed by atoms with Gasteiger partial charge in [-0.1, -0.05) is 6.07 Å². The number of fused-ring (bicyclic) bond motifs is 3. The van der Waals surface area contributed by atoms with Gasteiger partial charge in [0.25, 0.3) is 5.91 Å². The lowest BCUT2D eigenvalue weighted by molar-refractivity contribution is 0.0944. The van der Waals surface area contributed by atoms with Crippen molar-refractivity contribution in [2.24, 2.45) is 0 Å². The molecule has 1 aromatic carbocycles. The lowest BCUT2D eigenvalue weighted by Crippen LogP contribution is -2.26. The number of carbonyl (C=O) groups is 1. The third-order valence-corrected chi connectivity index (χ3v) is 5.53. The molecular weight excluding hydrogens is 352 g/mol. The molecule has 24 heavy (non-hydrogen) atoms. The Kier molecular flexibility index (Phi) is 3.58. The molecule has 4 nitrogen and oxygen atoms in total. The minimum Gasteiger partial charge on any atom is -0.345 e. The number of amides is 1. The first-order chi connectivity index (χ1) is 11.5. The van der Waals surface area contributed by atoms with Gasteiger partial charge in [-0.3, -0.25) is 9.20 Å². The second-order valence-electron chi connectivity index (χ2n) is 5.34. The molecule has 1 unspecified atom stereocenters. The van der Waals surface area contributed by atoms with Crippen molar-refractivity contribution in [2.45, 2.75) is 13.0 Å². The highest BCUT2D eigenvalue weighted by molar-refractivity contribution is 7.21. The molecule has 0 aliphatic carbocycles. The standard InChI is InChI=1S/C16H11F2N3OS2/c1-8(9-2-3-10(17)11(18)6-9)19-14(22)13-7-12-15(24-13)20-16-21(12)4-5-23-16/h2-8H,1H3,(H,19,22). The quantitative estimate of drug-likeness (QED) is 0.587. The summed E-state index contributed by atoms with van der Waals surface area (Å²) >= 11 is 2.84. The van der Waals surface area contributed by atoms with Gasteiger partial charge in [0.05, 0.1) is 16.4 Å². The normalized spacial score (nSPS) is 12.8. The molecule has 0 saturated heterocycles. The van der Waals surface area contributed by atoms with Crippen molar-refractivity contribution in [1.29, 1.82) is 0 Å². The Balaban J connectivity index is 1.58. The number of aromatic nitrogens is 2. The number of hydrogen-bond acceptors (Lipinski definition) is 4. The van der Waals surface area contributed by atoms with Crippen molar-refractivity contribution in [3.05, 3.63) is 57.9 Å². The molecule has 3 aromatic heterocycles. The average Bonchev–Trinajstić information content (AvgIpc) is 3.21. The fraction of sp³-hybridized carbons (Fsp3) is 0.125. The molecule has 4 aromatic rings. The van der Waals surface area contributed by atoms with Crippen LogP contribution in [0.2, 0.25) is 0 Å². The van der Waals surface area contributed by atoms with Gasteiger partial charge in [-0.2, -0.15) is 0 Å². The smallest absolute Gasteiger partial charge is 0.261 e. The Hall–Kier alpha value is -2.32. The van der Waals surface area contributed by atoms with Gasteiger partial charge in [-0.15, -0.1) is 22.7 Å². The van der Waals surface area contributed by atoms with Crippen molar-refractivity contribution < 1.29 is 13.6 Å². The van der Waals surface area contributed by atoms with E-state index in [1.165, 1.54) is 28.7 Å². The molecule has 1 atom stereocenters. The van der Waals surface area contributed by atoms with Crippen molar-refractivity contribution in [3.8, 4) is 0 Å². The number of rotatable bonds is 3. The van der Waals surface area contributed by atoms with E-state index < -0.39 is 17.7 Å². The van der Waals surface area contributed by atoms with Crippen molar-refractivity contribution >= 4 is 43.9 Å². The predicted molar refractivity (Wildman–Crippen MR) is 90.7 cm³/mol. The third kappa shape index (κ3) is 2.47. The van der Waals surface area contributed by atoms with Gasteiger partial charge in [0, 0.05) is 11.6 Å². The summed E-state index contributed by atoms with van der Waals surface area (Å²) in [6.45, 7) is 1.72. The highest BCUT2D eigenvalue weighted by Crippen LogP contribution is 2.28. The minimum absolute atomic E-state index is 0.265. The van der Waals surface area contributed by atoms with Crippen LogP contribution in [0.1, 0.15) is 28.2 Å². The van der Waals surface area contributed by atoms with Crippen LogP contribution in [0.4, 0.5) is 8.78 Å². The highest BCUT2D eigenvalue weighted by atomic mass is 32.1. The van der Waals surface area contributed by atoms with E-state index in [4.69, 9.17) is 0 Å². The van der Waals surface area contributed by atoms with Gasteiger partial charge < -0.3 is 5.32 Å². The molecule has 0 radical (unpaired) electrons. The van der Waals surface area contributed by atoms with Crippen molar-refractivity contribution in [2.75, 3.05) is 0 Å². The van der Waals surface area contributed by atoms with Crippen LogP contribution in [0.25, 0.3) is 15.3 Å². The summed E-state index contributed by atoms with van der Waals surface area (Å²) in [7, 11) is 0. The summed E-state index contributed by atoms with van der Waals surface area (Å²) in [6, 6.07) is 4.96. The molecule has 8 heteroatoms. The molecule has 0 bridgehead atoms. The molecule has 4 rings (SSSR count). The number of nitrogens with zero attached hydrogens (tertiary/aromatic N) is 2. The number of halogens is 2. The number of benzene rings is 1. The van der Waals surface area contributed by atoms with Crippen LogP contribution < -0.4 is 5.32 Å². The molecule has 0 aliphatic rings. The van der Waals surface area contributed by atoms with Gasteiger partial charge >= 0.3 is 0 Å². The first-order valence-electron chi connectivity index (χ1n) is 7.14. The molecular formula is C16H11F2N3OS2. The summed E-state index contributed by atoms with van der Waals surface area (Å²) in [4.78, 5) is 19.1. The molecule has 122 valence electrons. The van der Waals surface area contributed by atoms with E-state index in [0.717, 1.165) is 27.4 Å². The van der Waals surface area contributed by atoms with Crippen LogP contribution in [-0.4, -0.2) is 15.3 Å². The summed E-state index contributed by atoms with van der Waals surface area (Å²) in [5, 5.41) is 4.73. The van der Waals surface area contributed by atoms with E-state index in [1.807, 2.05) is 16.0 Å². The lowest BCUT2D eigenvalue weighted by atomic mass is 10.1. The summed E-state index contributed by atoms with van der Waals surface area (Å²) in [5.41, 5.74) is 1.40. The highest BCUT2D eigenvalue weighted by Gasteiger charge is 2.18. The minimum atomic E-state index is -0.927. The SMILES string of the molecule is CC(NC(=O)c1cc2c(nc3sccn32)s1)c1ccc(F)c(F)c1. The second kappa shape index (κ2) is 5.64. The van der Waals surface area contributed by atoms with Gasteiger partial charge in [-0.25, -0.2) is 13.8 Å². The number of thiazole rings is 1. The maximum absolute atomic E-state index is 13.3. The van der Waals surface area contributed by atoms with Gasteiger partial charge in [0.2, 0.25) is 0 Å². The zero-order valence-corrected chi connectivity index (χ0v) is 14.0. The Morgan fingerprint density at radius 3 is 2.92 bits per heavy atom. The van der Waals surface area contributed by atoms with Gasteiger partial charge in [0.1, 0.15) is 4.83 Å². The summed E-state index contributed by atoms with van der Waals surface area (Å²) < 4.78 is 28.3. The van der Waals surface area contributed by atoms with Gasteiger partial charge in [-0.05, 0) is 30.7 Å². The Labute approximate surface area is 143 Å². The topological polar surface area (TPSA) is 46.4 Å². The second-order valence-corrected chi connectivity index (χ2v) is 7.24. The van der Waals surface area contributed by atoms with Gasteiger partial charge in [0.15, 0.2) is 16.6 Å². The number of hydrogen-bond donors (Lipinski definition) is 1. The predicted octanol–water partition coefficient (Wildman–Crippen LogP) is 4.38. The molecule has 0 spiro atoms. The number of nitrogens with one attached hydrogen (secondary N) is 1. The zero-order valence-electron chi connectivity index (χ0n) is 12.4. The summed E-state index contributed by atoms with van der Waals surface area (Å²) in [5.74, 6) is -2.10. The maximum atomic E-state index is 13.3. The Morgan fingerprint density at radius 1 is 1.29 bits per heavy atom. The molecule has 3 heterocycles. The van der Waals surface area contributed by atoms with E-state index in [2.05, 4.69) is 10.3 Å². The van der Waals surface area contributed by atoms with E-state index in [-0.39, 0.29) is 5.91 Å². The third-order valence-electron chi connectivity index (χ3n) is 3.75. The van der Waals surface area contributed by atoms with Crippen LogP contribution in [-0.2, 0) is 0 Å². The summed E-state index contributed by atoms with van der Waals surface area (Å²) in [6.07, 6.45) is 1.91. The Bertz CT molecular complexity index is 1070. The van der Waals surface area contributed by atoms with Crippen LogP contribution >= 0.6 is 22.7 Å². The molecule has 1 N–H and O–H groups in total. The van der Waals surface area contributed by atoms with Crippen molar-refractivity contribution in [1.82, 2.24) is 14.7 Å². The van der Waals surface area contributed by atoms with E-state index >= 15 is 0 Å². The molecule has 0 aliphatic heterocycles. The number of imidazole rings is 1. The lowest BCUT2D eigenvalue weighted by Gasteiger charge is -2.13. The van der Waals surface area contributed by atoms with Crippen molar-refractivity contribution in [3.63, 3.8) is 0 Å². The van der Waals surface area contributed by atoms with Crippen LogP contribution in [0.15, 0.2) is 35.8 Å². The molecule has 0 saturated carbocycles. The average molecular weight is 363 g/mol. The van der Waals surface area contributed by atoms with Crippen LogP contribution in [0.5, 0.6) is 0 Å². The van der Waals surface area contributed by atoms with E-state index in [9.17, 15) is 13.6 Å². The first kappa shape index (κ1) is 15.2. The zero-order chi connectivity index (χ0) is 16.8. The van der Waals surface area contributed by atoms with Crippen LogP contribution in [0.3, 0.4) is 0 Å². The largest absolute Gasteiger partial charge is 0.345 e. The van der Waals surface area contributed by atoms with E-state index in [1.54, 1.807) is 13.0 Å². The fourth-order valence-corrected chi connectivity index (χ4v) is 4.20. The number of carbonyl (C=O) groups excluding carboxylic acids is 1. The number of thiophene rings is 1. The first-order valence-corrected chi connectivity index (χ1v) is 8.83. The Morgan fingerprint density at radius 2 is 2.12 bits per heavy atom. The van der Waals surface area contributed by atoms with Crippen LogP contribution in [0, 0.1) is 11.6 Å². The molecule has 1 amide bonds. The van der Waals surface area contributed by atoms with E-state index in [0.29, 0.717) is 10.4 Å². The monoisotopic (exact) mass is 363 g/mol. The maximum Gasteiger partial charge on any atom is 0.261 e. The fourth-order valence-electron chi connectivity index (χ4n) is 2.49.